The minimum atomic E-state index is -0.462. The zero-order valence-electron chi connectivity index (χ0n) is 14.1. The summed E-state index contributed by atoms with van der Waals surface area (Å²) in [6.07, 6.45) is 0. The summed E-state index contributed by atoms with van der Waals surface area (Å²) in [7, 11) is 0. The molecule has 1 aromatic heterocycles. The van der Waals surface area contributed by atoms with Crippen LogP contribution < -0.4 is 5.69 Å². The summed E-state index contributed by atoms with van der Waals surface area (Å²) < 4.78 is 2.82. The van der Waals surface area contributed by atoms with Gasteiger partial charge in [0.1, 0.15) is 0 Å². The van der Waals surface area contributed by atoms with Gasteiger partial charge >= 0.3 is 5.69 Å². The first-order valence-corrected chi connectivity index (χ1v) is 8.23. The smallest absolute Gasteiger partial charge is 0.258 e. The van der Waals surface area contributed by atoms with Crippen LogP contribution in [0.1, 0.15) is 0 Å². The molecule has 0 amide bonds. The molecule has 0 spiro atoms. The van der Waals surface area contributed by atoms with Crippen LogP contribution in [0.15, 0.2) is 89.7 Å². The molecule has 0 fully saturated rings. The average molecular weight is 358 g/mol. The molecule has 0 atom stereocenters. The molecule has 27 heavy (non-hydrogen) atoms. The molecule has 0 radical (unpaired) electrons. The third-order valence-electron chi connectivity index (χ3n) is 4.13. The molecule has 0 saturated heterocycles. The number of nitro groups is 1. The molecule has 7 nitrogen and oxygen atoms in total. The van der Waals surface area contributed by atoms with E-state index in [0.29, 0.717) is 22.8 Å². The number of para-hydroxylation sites is 2. The number of hydrogen-bond acceptors (Lipinski definition) is 4. The first-order valence-electron chi connectivity index (χ1n) is 8.23. The summed E-state index contributed by atoms with van der Waals surface area (Å²) in [5, 5.41) is 15.4. The van der Waals surface area contributed by atoms with Gasteiger partial charge in [-0.3, -0.25) is 10.1 Å². The summed E-state index contributed by atoms with van der Waals surface area (Å²) in [6, 6.07) is 24.2. The lowest BCUT2D eigenvalue weighted by atomic mass is 10.2. The highest BCUT2D eigenvalue weighted by atomic mass is 16.6. The lowest BCUT2D eigenvalue weighted by Crippen LogP contribution is -2.22. The third kappa shape index (κ3) is 3.02. The van der Waals surface area contributed by atoms with Crippen molar-refractivity contribution in [3.05, 3.63) is 106 Å². The number of rotatable bonds is 4. The summed E-state index contributed by atoms with van der Waals surface area (Å²) in [5.74, 6) is 0.407. The van der Waals surface area contributed by atoms with Crippen LogP contribution in [0.25, 0.3) is 22.8 Å². The van der Waals surface area contributed by atoms with Gasteiger partial charge < -0.3 is 0 Å². The standard InChI is InChI=1S/C20H14N4O3/c25-20-22(16-7-3-1-4-8-16)19(15-11-13-18(14-12-15)24(26)27)21-23(20)17-9-5-2-6-10-17/h1-14H. The molecule has 0 saturated carbocycles. The largest absolute Gasteiger partial charge is 0.355 e. The van der Waals surface area contributed by atoms with Crippen LogP contribution in [-0.4, -0.2) is 19.3 Å². The number of hydrogen-bond donors (Lipinski definition) is 0. The topological polar surface area (TPSA) is 83.0 Å². The molecule has 0 unspecified atom stereocenters. The van der Waals surface area contributed by atoms with E-state index in [4.69, 9.17) is 0 Å². The highest BCUT2D eigenvalue weighted by Crippen LogP contribution is 2.23. The Morgan fingerprint density at radius 3 is 1.89 bits per heavy atom. The number of aromatic nitrogens is 3. The predicted octanol–water partition coefficient (Wildman–Crippen LogP) is 3.60. The molecule has 7 heteroatoms. The predicted molar refractivity (Wildman–Crippen MR) is 101 cm³/mol. The van der Waals surface area contributed by atoms with Crippen LogP contribution in [0.5, 0.6) is 0 Å². The van der Waals surface area contributed by atoms with E-state index in [9.17, 15) is 14.9 Å². The third-order valence-corrected chi connectivity index (χ3v) is 4.13. The Morgan fingerprint density at radius 2 is 1.33 bits per heavy atom. The quantitative estimate of drug-likeness (QED) is 0.412. The van der Waals surface area contributed by atoms with Crippen LogP contribution in [0.2, 0.25) is 0 Å². The second-order valence-electron chi connectivity index (χ2n) is 5.83. The normalized spacial score (nSPS) is 10.7. The zero-order valence-corrected chi connectivity index (χ0v) is 14.1. The fourth-order valence-corrected chi connectivity index (χ4v) is 2.83. The van der Waals surface area contributed by atoms with Gasteiger partial charge in [-0.1, -0.05) is 36.4 Å². The molecule has 4 aromatic rings. The second kappa shape index (κ2) is 6.72. The Morgan fingerprint density at radius 1 is 0.778 bits per heavy atom. The van der Waals surface area contributed by atoms with Gasteiger partial charge in [0.05, 0.1) is 16.3 Å². The van der Waals surface area contributed by atoms with Gasteiger partial charge in [0.2, 0.25) is 0 Å². The van der Waals surface area contributed by atoms with Gasteiger partial charge in [0.25, 0.3) is 5.69 Å². The van der Waals surface area contributed by atoms with Gasteiger partial charge in [-0.2, -0.15) is 4.68 Å². The maximum Gasteiger partial charge on any atom is 0.355 e. The van der Waals surface area contributed by atoms with Crippen molar-refractivity contribution in [2.24, 2.45) is 0 Å². The first kappa shape index (κ1) is 16.5. The SMILES string of the molecule is O=c1n(-c2ccccc2)nc(-c2ccc([N+](=O)[O-])cc2)n1-c1ccccc1. The van der Waals surface area contributed by atoms with Crippen LogP contribution >= 0.6 is 0 Å². The molecule has 132 valence electrons. The maximum absolute atomic E-state index is 13.1. The molecule has 1 heterocycles. The molecule has 3 aromatic carbocycles. The van der Waals surface area contributed by atoms with Crippen LogP contribution in [0.3, 0.4) is 0 Å². The Kier molecular flexibility index (Phi) is 4.10. The zero-order chi connectivity index (χ0) is 18.8. The van der Waals surface area contributed by atoms with Crippen molar-refractivity contribution in [2.45, 2.75) is 0 Å². The molecule has 0 aliphatic heterocycles. The molecule has 0 aliphatic carbocycles. The van der Waals surface area contributed by atoms with E-state index in [-0.39, 0.29) is 11.4 Å². The summed E-state index contributed by atoms with van der Waals surface area (Å²) in [6.45, 7) is 0. The van der Waals surface area contributed by atoms with Gasteiger partial charge in [0, 0.05) is 17.7 Å². The van der Waals surface area contributed by atoms with Crippen LogP contribution in [0, 0.1) is 10.1 Å². The Labute approximate surface area is 153 Å². The van der Waals surface area contributed by atoms with E-state index in [0.717, 1.165) is 0 Å². The van der Waals surface area contributed by atoms with E-state index in [2.05, 4.69) is 5.10 Å². The van der Waals surface area contributed by atoms with E-state index < -0.39 is 4.92 Å². The number of benzene rings is 3. The fourth-order valence-electron chi connectivity index (χ4n) is 2.83. The number of nitrogens with zero attached hydrogens (tertiary/aromatic N) is 4. The molecule has 4 rings (SSSR count). The van der Waals surface area contributed by atoms with Gasteiger partial charge in [-0.25, -0.2) is 9.36 Å². The number of non-ortho nitro benzene ring substituents is 1. The lowest BCUT2D eigenvalue weighted by Gasteiger charge is -2.05. The Balaban J connectivity index is 1.95. The minimum Gasteiger partial charge on any atom is -0.258 e. The van der Waals surface area contributed by atoms with Crippen molar-refractivity contribution in [3.63, 3.8) is 0 Å². The average Bonchev–Trinajstić information content (AvgIpc) is 3.06. The van der Waals surface area contributed by atoms with E-state index >= 15 is 0 Å². The molecular formula is C20H14N4O3. The highest BCUT2D eigenvalue weighted by Gasteiger charge is 2.18. The molecule has 0 aliphatic rings. The molecule has 0 N–H and O–H groups in total. The molecule has 0 bridgehead atoms. The van der Waals surface area contributed by atoms with E-state index in [1.165, 1.54) is 21.4 Å². The Hall–Kier alpha value is -4.00. The minimum absolute atomic E-state index is 0.0187. The Bertz CT molecular complexity index is 1150. The van der Waals surface area contributed by atoms with E-state index in [1.807, 2.05) is 48.5 Å². The van der Waals surface area contributed by atoms with E-state index in [1.54, 1.807) is 24.3 Å². The lowest BCUT2D eigenvalue weighted by molar-refractivity contribution is -0.384. The number of nitro benzene ring substituents is 1. The van der Waals surface area contributed by atoms with Crippen molar-refractivity contribution >= 4 is 5.69 Å². The highest BCUT2D eigenvalue weighted by molar-refractivity contribution is 5.60. The summed E-state index contributed by atoms with van der Waals surface area (Å²) in [4.78, 5) is 23.5. The van der Waals surface area contributed by atoms with Crippen molar-refractivity contribution in [1.82, 2.24) is 14.3 Å². The van der Waals surface area contributed by atoms with Crippen LogP contribution in [-0.2, 0) is 0 Å². The second-order valence-corrected chi connectivity index (χ2v) is 5.83. The summed E-state index contributed by atoms with van der Waals surface area (Å²) >= 11 is 0. The monoisotopic (exact) mass is 358 g/mol. The van der Waals surface area contributed by atoms with Crippen molar-refractivity contribution in [1.29, 1.82) is 0 Å². The first-order chi connectivity index (χ1) is 13.1. The van der Waals surface area contributed by atoms with Crippen LogP contribution in [0.4, 0.5) is 5.69 Å². The molecular weight excluding hydrogens is 344 g/mol. The maximum atomic E-state index is 13.1. The summed E-state index contributed by atoms with van der Waals surface area (Å²) in [5.41, 5.74) is 1.57. The van der Waals surface area contributed by atoms with Gasteiger partial charge in [-0.05, 0) is 36.4 Å². The van der Waals surface area contributed by atoms with Crippen molar-refractivity contribution in [3.8, 4) is 22.8 Å². The van der Waals surface area contributed by atoms with Gasteiger partial charge in [-0.15, -0.1) is 5.10 Å². The van der Waals surface area contributed by atoms with Crippen molar-refractivity contribution in [2.75, 3.05) is 0 Å². The van der Waals surface area contributed by atoms with Crippen molar-refractivity contribution < 1.29 is 4.92 Å². The fraction of sp³-hybridized carbons (Fsp3) is 0. The van der Waals surface area contributed by atoms with Gasteiger partial charge in [0.15, 0.2) is 5.82 Å².